The molecule has 1 N–H and O–H groups in total. The Labute approximate surface area is 134 Å². The van der Waals surface area contributed by atoms with Crippen LogP contribution in [0.3, 0.4) is 0 Å². The van der Waals surface area contributed by atoms with Gasteiger partial charge in [-0.25, -0.2) is 13.1 Å². The zero-order chi connectivity index (χ0) is 14.9. The van der Waals surface area contributed by atoms with Crippen molar-refractivity contribution in [2.75, 3.05) is 0 Å². The van der Waals surface area contributed by atoms with Crippen LogP contribution in [-0.4, -0.2) is 13.6 Å². The fourth-order valence-electron chi connectivity index (χ4n) is 1.52. The normalized spacial score (nSPS) is 11.8. The topological polar surface area (TPSA) is 72.2 Å². The van der Waals surface area contributed by atoms with Crippen LogP contribution in [0.5, 0.6) is 0 Å². The van der Waals surface area contributed by atoms with E-state index in [1.165, 1.54) is 12.1 Å². The minimum atomic E-state index is -3.85. The summed E-state index contributed by atoms with van der Waals surface area (Å²) in [7, 11) is -3.85. The summed E-state index contributed by atoms with van der Waals surface area (Å²) in [6.07, 6.45) is 0. The van der Waals surface area contributed by atoms with Gasteiger partial charge in [0.15, 0.2) is 5.76 Å². The summed E-state index contributed by atoms with van der Waals surface area (Å²) < 4.78 is 32.3. The number of benzene rings is 1. The summed E-state index contributed by atoms with van der Waals surface area (Å²) in [5.74, 6) is 0.399. The average Bonchev–Trinajstić information content (AvgIpc) is 2.71. The standard InChI is InChI=1S/C11H9BrCl2N2O3S/c1-6-2-8(19-16-6)5-15-20(17,18)11-9(13)3-7(12)4-10(11)14/h2-4,15H,5H2,1H3. The number of nitrogens with one attached hydrogen (secondary N) is 1. The van der Waals surface area contributed by atoms with Crippen molar-refractivity contribution < 1.29 is 12.9 Å². The van der Waals surface area contributed by atoms with Crippen molar-refractivity contribution in [3.05, 3.63) is 44.2 Å². The van der Waals surface area contributed by atoms with Gasteiger partial charge in [-0.1, -0.05) is 44.3 Å². The molecule has 108 valence electrons. The molecule has 0 aliphatic heterocycles. The Hall–Kier alpha value is -0.600. The smallest absolute Gasteiger partial charge is 0.243 e. The molecular formula is C11H9BrCl2N2O3S. The van der Waals surface area contributed by atoms with E-state index in [-0.39, 0.29) is 21.5 Å². The van der Waals surface area contributed by atoms with Crippen LogP contribution in [0.15, 0.2) is 32.1 Å². The molecule has 9 heteroatoms. The fourth-order valence-corrected chi connectivity index (χ4v) is 4.45. The van der Waals surface area contributed by atoms with Gasteiger partial charge in [-0.05, 0) is 19.1 Å². The highest BCUT2D eigenvalue weighted by atomic mass is 79.9. The lowest BCUT2D eigenvalue weighted by Crippen LogP contribution is -2.23. The Balaban J connectivity index is 2.27. The van der Waals surface area contributed by atoms with E-state index >= 15 is 0 Å². The molecule has 0 spiro atoms. The van der Waals surface area contributed by atoms with E-state index in [2.05, 4.69) is 25.8 Å². The van der Waals surface area contributed by atoms with E-state index in [1.807, 2.05) is 0 Å². The van der Waals surface area contributed by atoms with Crippen LogP contribution >= 0.6 is 39.1 Å². The summed E-state index contributed by atoms with van der Waals surface area (Å²) in [5, 5.41) is 3.73. The molecule has 5 nitrogen and oxygen atoms in total. The van der Waals surface area contributed by atoms with E-state index < -0.39 is 10.0 Å². The maximum Gasteiger partial charge on any atom is 0.243 e. The average molecular weight is 400 g/mol. The summed E-state index contributed by atoms with van der Waals surface area (Å²) in [4.78, 5) is -0.166. The number of hydrogen-bond acceptors (Lipinski definition) is 4. The van der Waals surface area contributed by atoms with Gasteiger partial charge in [-0.15, -0.1) is 0 Å². The third kappa shape index (κ3) is 3.53. The van der Waals surface area contributed by atoms with Crippen molar-refractivity contribution in [1.29, 1.82) is 0 Å². The minimum absolute atomic E-state index is 0.0330. The minimum Gasteiger partial charge on any atom is -0.360 e. The Morgan fingerprint density at radius 3 is 2.40 bits per heavy atom. The molecule has 2 aromatic rings. The van der Waals surface area contributed by atoms with Gasteiger partial charge in [0.05, 0.1) is 22.3 Å². The largest absolute Gasteiger partial charge is 0.360 e. The van der Waals surface area contributed by atoms with E-state index in [9.17, 15) is 8.42 Å². The van der Waals surface area contributed by atoms with E-state index in [4.69, 9.17) is 27.7 Å². The molecule has 1 aromatic carbocycles. The quantitative estimate of drug-likeness (QED) is 0.853. The van der Waals surface area contributed by atoms with E-state index in [1.54, 1.807) is 13.0 Å². The Bertz CT molecular complexity index is 723. The highest BCUT2D eigenvalue weighted by molar-refractivity contribution is 9.10. The Morgan fingerprint density at radius 1 is 1.30 bits per heavy atom. The predicted octanol–water partition coefficient (Wildman–Crippen LogP) is 3.53. The van der Waals surface area contributed by atoms with Gasteiger partial charge in [0.2, 0.25) is 10.0 Å². The molecule has 1 heterocycles. The van der Waals surface area contributed by atoms with Crippen LogP contribution in [0.2, 0.25) is 10.0 Å². The van der Waals surface area contributed by atoms with E-state index in [0.29, 0.717) is 15.9 Å². The number of hydrogen-bond donors (Lipinski definition) is 1. The van der Waals surface area contributed by atoms with Crippen LogP contribution in [0.1, 0.15) is 11.5 Å². The molecule has 0 saturated heterocycles. The van der Waals surface area contributed by atoms with Gasteiger partial charge in [0.1, 0.15) is 4.90 Å². The number of aromatic nitrogens is 1. The highest BCUT2D eigenvalue weighted by Crippen LogP contribution is 2.32. The molecule has 0 atom stereocenters. The van der Waals surface area contributed by atoms with Gasteiger partial charge >= 0.3 is 0 Å². The number of nitrogens with zero attached hydrogens (tertiary/aromatic N) is 1. The Morgan fingerprint density at radius 2 is 1.90 bits per heavy atom. The van der Waals surface area contributed by atoms with Gasteiger partial charge in [0, 0.05) is 10.5 Å². The molecule has 0 aliphatic rings. The van der Waals surface area contributed by atoms with Gasteiger partial charge in [-0.3, -0.25) is 0 Å². The first kappa shape index (κ1) is 15.8. The molecule has 1 aromatic heterocycles. The lowest BCUT2D eigenvalue weighted by atomic mass is 10.4. The molecule has 20 heavy (non-hydrogen) atoms. The molecule has 0 radical (unpaired) electrons. The first-order valence-corrected chi connectivity index (χ1v) is 8.39. The van der Waals surface area contributed by atoms with Gasteiger partial charge < -0.3 is 4.52 Å². The number of halogens is 3. The number of rotatable bonds is 4. The summed E-state index contributed by atoms with van der Waals surface area (Å²) >= 11 is 15.1. The molecular weight excluding hydrogens is 391 g/mol. The van der Waals surface area contributed by atoms with Crippen LogP contribution in [-0.2, 0) is 16.6 Å². The van der Waals surface area contributed by atoms with Crippen LogP contribution in [0, 0.1) is 6.92 Å². The van der Waals surface area contributed by atoms with Gasteiger partial charge in [0.25, 0.3) is 0 Å². The first-order valence-electron chi connectivity index (χ1n) is 5.36. The van der Waals surface area contributed by atoms with Crippen molar-refractivity contribution in [1.82, 2.24) is 9.88 Å². The Kier molecular flexibility index (Phi) is 4.76. The third-order valence-electron chi connectivity index (χ3n) is 2.34. The van der Waals surface area contributed by atoms with Gasteiger partial charge in [-0.2, -0.15) is 0 Å². The maximum atomic E-state index is 12.2. The van der Waals surface area contributed by atoms with E-state index in [0.717, 1.165) is 0 Å². The number of aryl methyl sites for hydroxylation is 1. The highest BCUT2D eigenvalue weighted by Gasteiger charge is 2.22. The van der Waals surface area contributed by atoms with Crippen molar-refractivity contribution in [3.63, 3.8) is 0 Å². The van der Waals surface area contributed by atoms with Crippen molar-refractivity contribution >= 4 is 49.2 Å². The van der Waals surface area contributed by atoms with Crippen LogP contribution in [0.4, 0.5) is 0 Å². The SMILES string of the molecule is Cc1cc(CNS(=O)(=O)c2c(Cl)cc(Br)cc2Cl)on1. The van der Waals surface area contributed by atoms with Crippen molar-refractivity contribution in [3.8, 4) is 0 Å². The van der Waals surface area contributed by atoms with Crippen molar-refractivity contribution in [2.45, 2.75) is 18.4 Å². The first-order chi connectivity index (χ1) is 9.29. The third-order valence-corrected chi connectivity index (χ3v) is 5.12. The lowest BCUT2D eigenvalue weighted by Gasteiger charge is -2.09. The molecule has 0 unspecified atom stereocenters. The molecule has 0 aliphatic carbocycles. The summed E-state index contributed by atoms with van der Waals surface area (Å²) in [5.41, 5.74) is 0.666. The van der Waals surface area contributed by atoms with Crippen molar-refractivity contribution in [2.24, 2.45) is 0 Å². The summed E-state index contributed by atoms with van der Waals surface area (Å²) in [6.45, 7) is 1.70. The molecule has 0 amide bonds. The van der Waals surface area contributed by atoms with Crippen LogP contribution < -0.4 is 4.72 Å². The maximum absolute atomic E-state index is 12.2. The summed E-state index contributed by atoms with van der Waals surface area (Å²) in [6, 6.07) is 4.55. The van der Waals surface area contributed by atoms with Crippen LogP contribution in [0.25, 0.3) is 0 Å². The zero-order valence-electron chi connectivity index (χ0n) is 10.2. The second kappa shape index (κ2) is 6.03. The monoisotopic (exact) mass is 398 g/mol. The molecule has 0 bridgehead atoms. The molecule has 0 fully saturated rings. The predicted molar refractivity (Wildman–Crippen MR) is 79.4 cm³/mol. The second-order valence-electron chi connectivity index (χ2n) is 3.96. The lowest BCUT2D eigenvalue weighted by molar-refractivity contribution is 0.377. The number of sulfonamides is 1. The zero-order valence-corrected chi connectivity index (χ0v) is 14.1. The molecule has 0 saturated carbocycles. The second-order valence-corrected chi connectivity index (χ2v) is 7.39. The molecule has 2 rings (SSSR count). The fraction of sp³-hybridized carbons (Fsp3) is 0.182.